The van der Waals surface area contributed by atoms with Crippen molar-refractivity contribution in [3.8, 4) is 0 Å². The maximum Gasteiger partial charge on any atom is 0.178 e. The van der Waals surface area contributed by atoms with Gasteiger partial charge in [-0.1, -0.05) is 15.9 Å². The average Bonchev–Trinajstić information content (AvgIpc) is 2.93. The molecule has 0 aliphatic heterocycles. The fraction of sp³-hybridized carbons (Fsp3) is 0.154. The van der Waals surface area contributed by atoms with Crippen molar-refractivity contribution in [1.82, 2.24) is 9.55 Å². The van der Waals surface area contributed by atoms with E-state index in [0.29, 0.717) is 0 Å². The fourth-order valence-corrected chi connectivity index (χ4v) is 2.70. The van der Waals surface area contributed by atoms with Gasteiger partial charge < -0.3 is 14.0 Å². The minimum absolute atomic E-state index is 0.745. The van der Waals surface area contributed by atoms with Gasteiger partial charge in [0, 0.05) is 17.4 Å². The zero-order valence-electron chi connectivity index (χ0n) is 9.52. The van der Waals surface area contributed by atoms with Crippen molar-refractivity contribution in [1.29, 1.82) is 0 Å². The molecule has 0 amide bonds. The maximum atomic E-state index is 5.35. The normalized spacial score (nSPS) is 11.2. The van der Waals surface area contributed by atoms with Crippen LogP contribution >= 0.6 is 28.1 Å². The van der Waals surface area contributed by atoms with Crippen molar-refractivity contribution in [2.75, 3.05) is 0 Å². The summed E-state index contributed by atoms with van der Waals surface area (Å²) in [5.74, 6) is 0.975. The Bertz CT molecular complexity index is 727. The van der Waals surface area contributed by atoms with Crippen LogP contribution in [0.5, 0.6) is 0 Å². The highest BCUT2D eigenvalue weighted by Crippen LogP contribution is 2.20. The Kier molecular flexibility index (Phi) is 3.09. The van der Waals surface area contributed by atoms with Crippen molar-refractivity contribution in [2.24, 2.45) is 0 Å². The van der Waals surface area contributed by atoms with E-state index in [9.17, 15) is 0 Å². The van der Waals surface area contributed by atoms with Gasteiger partial charge in [0.1, 0.15) is 5.76 Å². The SMILES string of the molecule is S=c1[nH]c2cc(Br)ccc2n1CCc1ccco1. The Morgan fingerprint density at radius 3 is 3.00 bits per heavy atom. The molecule has 3 nitrogen and oxygen atoms in total. The fourth-order valence-electron chi connectivity index (χ4n) is 2.03. The molecule has 0 atom stereocenters. The number of imidazole rings is 1. The topological polar surface area (TPSA) is 33.9 Å². The van der Waals surface area contributed by atoms with Gasteiger partial charge in [-0.2, -0.15) is 0 Å². The van der Waals surface area contributed by atoms with Crippen LogP contribution in [-0.2, 0) is 13.0 Å². The number of aromatic amines is 1. The van der Waals surface area contributed by atoms with Gasteiger partial charge in [0.25, 0.3) is 0 Å². The lowest BCUT2D eigenvalue weighted by atomic mass is 10.3. The number of aryl methyl sites for hydroxylation is 2. The van der Waals surface area contributed by atoms with Crippen LogP contribution in [0.25, 0.3) is 11.0 Å². The van der Waals surface area contributed by atoms with E-state index >= 15 is 0 Å². The molecule has 0 unspecified atom stereocenters. The third-order valence-corrected chi connectivity index (χ3v) is 3.71. The second kappa shape index (κ2) is 4.74. The number of nitrogens with zero attached hydrogens (tertiary/aromatic N) is 1. The monoisotopic (exact) mass is 322 g/mol. The molecule has 0 aliphatic carbocycles. The summed E-state index contributed by atoms with van der Waals surface area (Å²) in [5.41, 5.74) is 2.17. The summed E-state index contributed by atoms with van der Waals surface area (Å²) >= 11 is 8.81. The zero-order chi connectivity index (χ0) is 12.5. The summed E-state index contributed by atoms with van der Waals surface area (Å²) in [5, 5.41) is 0. The molecule has 2 aromatic heterocycles. The number of benzene rings is 1. The molecule has 92 valence electrons. The Morgan fingerprint density at radius 1 is 1.33 bits per heavy atom. The van der Waals surface area contributed by atoms with E-state index in [1.807, 2.05) is 24.3 Å². The van der Waals surface area contributed by atoms with Crippen LogP contribution in [0.1, 0.15) is 5.76 Å². The lowest BCUT2D eigenvalue weighted by Crippen LogP contribution is -2.00. The van der Waals surface area contributed by atoms with E-state index in [-0.39, 0.29) is 0 Å². The van der Waals surface area contributed by atoms with Gasteiger partial charge in [-0.25, -0.2) is 0 Å². The summed E-state index contributed by atoms with van der Waals surface area (Å²) in [6, 6.07) is 10.0. The highest BCUT2D eigenvalue weighted by Gasteiger charge is 2.05. The number of furan rings is 1. The van der Waals surface area contributed by atoms with E-state index in [1.165, 1.54) is 0 Å². The van der Waals surface area contributed by atoms with Crippen LogP contribution < -0.4 is 0 Å². The second-order valence-corrected chi connectivity index (χ2v) is 5.37. The number of rotatable bonds is 3. The van der Waals surface area contributed by atoms with Crippen LogP contribution in [0.2, 0.25) is 0 Å². The van der Waals surface area contributed by atoms with Gasteiger partial charge in [-0.15, -0.1) is 0 Å². The van der Waals surface area contributed by atoms with Gasteiger partial charge in [0.2, 0.25) is 0 Å². The molecular formula is C13H11BrN2OS. The third-order valence-electron chi connectivity index (χ3n) is 2.90. The molecule has 1 N–H and O–H groups in total. The molecule has 2 heterocycles. The van der Waals surface area contributed by atoms with E-state index in [4.69, 9.17) is 16.6 Å². The number of H-pyrrole nitrogens is 1. The zero-order valence-corrected chi connectivity index (χ0v) is 11.9. The Labute approximate surface area is 118 Å². The summed E-state index contributed by atoms with van der Waals surface area (Å²) in [6.45, 7) is 0.813. The molecular weight excluding hydrogens is 312 g/mol. The highest BCUT2D eigenvalue weighted by atomic mass is 79.9. The smallest absolute Gasteiger partial charge is 0.178 e. The molecule has 1 aromatic carbocycles. The van der Waals surface area contributed by atoms with Crippen LogP contribution in [0.4, 0.5) is 0 Å². The molecule has 3 aromatic rings. The lowest BCUT2D eigenvalue weighted by molar-refractivity contribution is 0.492. The number of aromatic nitrogens is 2. The Balaban J connectivity index is 1.96. The molecule has 0 bridgehead atoms. The van der Waals surface area contributed by atoms with Gasteiger partial charge in [0.15, 0.2) is 4.77 Å². The standard InChI is InChI=1S/C13H11BrN2OS/c14-9-3-4-12-11(8-9)15-13(18)16(12)6-5-10-2-1-7-17-10/h1-4,7-8H,5-6H2,(H,15,18). The van der Waals surface area contributed by atoms with Crippen molar-refractivity contribution >= 4 is 39.2 Å². The van der Waals surface area contributed by atoms with Crippen LogP contribution in [0.3, 0.4) is 0 Å². The molecule has 18 heavy (non-hydrogen) atoms. The average molecular weight is 323 g/mol. The predicted octanol–water partition coefficient (Wildman–Crippen LogP) is 4.30. The molecule has 0 saturated carbocycles. The first kappa shape index (κ1) is 11.7. The van der Waals surface area contributed by atoms with E-state index < -0.39 is 0 Å². The van der Waals surface area contributed by atoms with Crippen molar-refractivity contribution in [2.45, 2.75) is 13.0 Å². The first-order valence-electron chi connectivity index (χ1n) is 5.64. The Morgan fingerprint density at radius 2 is 2.22 bits per heavy atom. The molecule has 0 spiro atoms. The number of nitrogens with one attached hydrogen (secondary N) is 1. The van der Waals surface area contributed by atoms with E-state index in [0.717, 1.165) is 39.0 Å². The van der Waals surface area contributed by atoms with Crippen molar-refractivity contribution in [3.63, 3.8) is 0 Å². The van der Waals surface area contributed by atoms with Gasteiger partial charge >= 0.3 is 0 Å². The molecule has 0 saturated heterocycles. The van der Waals surface area contributed by atoms with Gasteiger partial charge in [-0.05, 0) is 42.5 Å². The van der Waals surface area contributed by atoms with Gasteiger partial charge in [-0.3, -0.25) is 0 Å². The quantitative estimate of drug-likeness (QED) is 0.729. The molecule has 5 heteroatoms. The minimum atomic E-state index is 0.745. The lowest BCUT2D eigenvalue weighted by Gasteiger charge is -2.02. The summed E-state index contributed by atoms with van der Waals surface area (Å²) in [4.78, 5) is 3.22. The molecule has 3 rings (SSSR count). The second-order valence-electron chi connectivity index (χ2n) is 4.07. The van der Waals surface area contributed by atoms with Crippen LogP contribution in [0, 0.1) is 4.77 Å². The van der Waals surface area contributed by atoms with Crippen molar-refractivity contribution < 1.29 is 4.42 Å². The predicted molar refractivity (Wildman–Crippen MR) is 77.2 cm³/mol. The first-order valence-corrected chi connectivity index (χ1v) is 6.84. The maximum absolute atomic E-state index is 5.35. The molecule has 0 fully saturated rings. The number of fused-ring (bicyclic) bond motifs is 1. The first-order chi connectivity index (χ1) is 8.74. The van der Waals surface area contributed by atoms with E-state index in [1.54, 1.807) is 6.26 Å². The summed E-state index contributed by atoms with van der Waals surface area (Å²) in [7, 11) is 0. The number of hydrogen-bond donors (Lipinski definition) is 1. The molecule has 0 aliphatic rings. The highest BCUT2D eigenvalue weighted by molar-refractivity contribution is 9.10. The number of hydrogen-bond acceptors (Lipinski definition) is 2. The van der Waals surface area contributed by atoms with Gasteiger partial charge in [0.05, 0.1) is 17.3 Å². The van der Waals surface area contributed by atoms with E-state index in [2.05, 4.69) is 31.5 Å². The van der Waals surface area contributed by atoms with Crippen LogP contribution in [-0.4, -0.2) is 9.55 Å². The summed E-state index contributed by atoms with van der Waals surface area (Å²) < 4.78 is 9.23. The van der Waals surface area contributed by atoms with Crippen molar-refractivity contribution in [3.05, 3.63) is 51.6 Å². The Hall–Kier alpha value is -1.33. The largest absolute Gasteiger partial charge is 0.469 e. The summed E-state index contributed by atoms with van der Waals surface area (Å²) in [6.07, 6.45) is 2.53. The minimum Gasteiger partial charge on any atom is -0.469 e. The van der Waals surface area contributed by atoms with Crippen LogP contribution in [0.15, 0.2) is 45.5 Å². The third kappa shape index (κ3) is 2.15. The molecule has 0 radical (unpaired) electrons. The number of halogens is 1.